The van der Waals surface area contributed by atoms with Crippen LogP contribution < -0.4 is 5.32 Å². The van der Waals surface area contributed by atoms with Crippen LogP contribution >= 0.6 is 0 Å². The number of amides is 1. The molecule has 0 spiro atoms. The summed E-state index contributed by atoms with van der Waals surface area (Å²) in [6.07, 6.45) is 1.66. The van der Waals surface area contributed by atoms with Crippen LogP contribution in [-0.2, 0) is 4.79 Å². The standard InChI is InChI=1S/C13H17FN2O3/c1-8(2)5-10(13(18)19)7-16-12(17)9-3-4-15-11(14)6-9/h3-4,6,8,10H,5,7H2,1-2H3,(H,16,17)(H,18,19). The van der Waals surface area contributed by atoms with Gasteiger partial charge in [0.15, 0.2) is 0 Å². The summed E-state index contributed by atoms with van der Waals surface area (Å²) in [5, 5.41) is 11.5. The van der Waals surface area contributed by atoms with Crippen LogP contribution in [0.4, 0.5) is 4.39 Å². The van der Waals surface area contributed by atoms with Gasteiger partial charge in [-0.1, -0.05) is 13.8 Å². The highest BCUT2D eigenvalue weighted by atomic mass is 19.1. The minimum atomic E-state index is -0.949. The minimum absolute atomic E-state index is 0.0241. The van der Waals surface area contributed by atoms with Crippen LogP contribution in [0.1, 0.15) is 30.6 Å². The van der Waals surface area contributed by atoms with Crippen LogP contribution in [0.3, 0.4) is 0 Å². The van der Waals surface area contributed by atoms with Crippen molar-refractivity contribution in [2.45, 2.75) is 20.3 Å². The van der Waals surface area contributed by atoms with Crippen molar-refractivity contribution in [3.05, 3.63) is 29.8 Å². The first-order valence-corrected chi connectivity index (χ1v) is 6.02. The zero-order valence-corrected chi connectivity index (χ0v) is 10.9. The summed E-state index contributed by atoms with van der Waals surface area (Å²) in [7, 11) is 0. The highest BCUT2D eigenvalue weighted by Gasteiger charge is 2.20. The Kier molecular flexibility index (Phi) is 5.41. The Labute approximate surface area is 110 Å². The number of aliphatic carboxylic acids is 1. The zero-order chi connectivity index (χ0) is 14.4. The van der Waals surface area contributed by atoms with E-state index in [9.17, 15) is 14.0 Å². The molecule has 0 aromatic carbocycles. The SMILES string of the molecule is CC(C)CC(CNC(=O)c1ccnc(F)c1)C(=O)O. The molecule has 6 heteroatoms. The molecule has 1 aromatic heterocycles. The molecule has 1 amide bonds. The second kappa shape index (κ2) is 6.82. The molecule has 0 bridgehead atoms. The molecule has 0 aliphatic carbocycles. The molecule has 2 N–H and O–H groups in total. The lowest BCUT2D eigenvalue weighted by Gasteiger charge is -2.15. The van der Waals surface area contributed by atoms with E-state index in [4.69, 9.17) is 5.11 Å². The van der Waals surface area contributed by atoms with E-state index in [0.717, 1.165) is 6.07 Å². The summed E-state index contributed by atoms with van der Waals surface area (Å²) in [6.45, 7) is 3.85. The van der Waals surface area contributed by atoms with Crippen LogP contribution in [0.25, 0.3) is 0 Å². The van der Waals surface area contributed by atoms with Gasteiger partial charge in [-0.2, -0.15) is 4.39 Å². The first-order valence-electron chi connectivity index (χ1n) is 6.02. The predicted molar refractivity (Wildman–Crippen MR) is 67.1 cm³/mol. The number of carboxylic acids is 1. The van der Waals surface area contributed by atoms with E-state index in [2.05, 4.69) is 10.3 Å². The Balaban J connectivity index is 2.59. The lowest BCUT2D eigenvalue weighted by molar-refractivity contribution is -0.142. The summed E-state index contributed by atoms with van der Waals surface area (Å²) >= 11 is 0. The average molecular weight is 268 g/mol. The number of hydrogen-bond donors (Lipinski definition) is 2. The summed E-state index contributed by atoms with van der Waals surface area (Å²) in [5.74, 6) is -2.62. The maximum absolute atomic E-state index is 12.8. The van der Waals surface area contributed by atoms with Gasteiger partial charge in [0.1, 0.15) is 0 Å². The van der Waals surface area contributed by atoms with Crippen molar-refractivity contribution in [2.24, 2.45) is 11.8 Å². The number of rotatable bonds is 6. The number of nitrogens with zero attached hydrogens (tertiary/aromatic N) is 1. The molecule has 0 fully saturated rings. The lowest BCUT2D eigenvalue weighted by Crippen LogP contribution is -2.33. The molecule has 104 valence electrons. The first-order chi connectivity index (χ1) is 8.90. The maximum atomic E-state index is 12.8. The molecule has 1 heterocycles. The number of pyridine rings is 1. The molecular formula is C13H17FN2O3. The average Bonchev–Trinajstić information content (AvgIpc) is 2.33. The van der Waals surface area contributed by atoms with Crippen LogP contribution in [-0.4, -0.2) is 28.5 Å². The van der Waals surface area contributed by atoms with Gasteiger partial charge in [-0.25, -0.2) is 4.98 Å². The van der Waals surface area contributed by atoms with Gasteiger partial charge in [-0.3, -0.25) is 9.59 Å². The number of halogens is 1. The number of carboxylic acid groups (broad SMARTS) is 1. The third kappa shape index (κ3) is 5.03. The van der Waals surface area contributed by atoms with E-state index in [1.54, 1.807) is 0 Å². The van der Waals surface area contributed by atoms with Gasteiger partial charge in [-0.05, 0) is 18.4 Å². The Bertz CT molecular complexity index is 463. The summed E-state index contributed by atoms with van der Waals surface area (Å²) in [5.41, 5.74) is 0.126. The second-order valence-corrected chi connectivity index (χ2v) is 4.74. The second-order valence-electron chi connectivity index (χ2n) is 4.74. The van der Waals surface area contributed by atoms with Gasteiger partial charge < -0.3 is 10.4 Å². The topological polar surface area (TPSA) is 79.3 Å². The molecule has 0 aliphatic heterocycles. The van der Waals surface area contributed by atoms with Crippen molar-refractivity contribution in [1.82, 2.24) is 10.3 Å². The molecule has 5 nitrogen and oxygen atoms in total. The Morgan fingerprint density at radius 3 is 2.68 bits per heavy atom. The maximum Gasteiger partial charge on any atom is 0.308 e. The number of nitrogens with one attached hydrogen (secondary N) is 1. The lowest BCUT2D eigenvalue weighted by atomic mass is 9.97. The van der Waals surface area contributed by atoms with Crippen molar-refractivity contribution in [2.75, 3.05) is 6.54 Å². The zero-order valence-electron chi connectivity index (χ0n) is 10.9. The number of hydrogen-bond acceptors (Lipinski definition) is 3. The third-order valence-corrected chi connectivity index (χ3v) is 2.60. The fourth-order valence-corrected chi connectivity index (χ4v) is 1.70. The predicted octanol–water partition coefficient (Wildman–Crippen LogP) is 1.70. The Morgan fingerprint density at radius 2 is 2.16 bits per heavy atom. The van der Waals surface area contributed by atoms with Gasteiger partial charge in [0.25, 0.3) is 5.91 Å². The van der Waals surface area contributed by atoms with Gasteiger partial charge in [0.2, 0.25) is 5.95 Å². The third-order valence-electron chi connectivity index (χ3n) is 2.60. The van der Waals surface area contributed by atoms with Gasteiger partial charge in [0, 0.05) is 24.4 Å². The summed E-state index contributed by atoms with van der Waals surface area (Å²) in [4.78, 5) is 26.1. The normalized spacial score (nSPS) is 12.2. The molecule has 0 saturated carbocycles. The molecular weight excluding hydrogens is 251 g/mol. The van der Waals surface area contributed by atoms with Crippen LogP contribution in [0.5, 0.6) is 0 Å². The molecule has 1 unspecified atom stereocenters. The summed E-state index contributed by atoms with van der Waals surface area (Å²) < 4.78 is 12.8. The first kappa shape index (κ1) is 15.1. The molecule has 0 saturated heterocycles. The Hall–Kier alpha value is -1.98. The minimum Gasteiger partial charge on any atom is -0.481 e. The molecule has 1 atom stereocenters. The van der Waals surface area contributed by atoms with E-state index in [0.29, 0.717) is 6.42 Å². The number of aromatic nitrogens is 1. The molecule has 1 aromatic rings. The van der Waals surface area contributed by atoms with Crippen molar-refractivity contribution >= 4 is 11.9 Å². The molecule has 0 radical (unpaired) electrons. The van der Waals surface area contributed by atoms with Gasteiger partial charge in [0.05, 0.1) is 5.92 Å². The molecule has 19 heavy (non-hydrogen) atoms. The molecule has 1 rings (SSSR count). The van der Waals surface area contributed by atoms with E-state index < -0.39 is 23.7 Å². The number of carbonyl (C=O) groups excluding carboxylic acids is 1. The van der Waals surface area contributed by atoms with Crippen molar-refractivity contribution < 1.29 is 19.1 Å². The largest absolute Gasteiger partial charge is 0.481 e. The monoisotopic (exact) mass is 268 g/mol. The fourth-order valence-electron chi connectivity index (χ4n) is 1.70. The number of carbonyl (C=O) groups is 2. The van der Waals surface area contributed by atoms with E-state index in [1.807, 2.05) is 13.8 Å². The van der Waals surface area contributed by atoms with Crippen LogP contribution in [0, 0.1) is 17.8 Å². The van der Waals surface area contributed by atoms with E-state index >= 15 is 0 Å². The van der Waals surface area contributed by atoms with Gasteiger partial charge >= 0.3 is 5.97 Å². The van der Waals surface area contributed by atoms with Crippen molar-refractivity contribution in [3.8, 4) is 0 Å². The van der Waals surface area contributed by atoms with Gasteiger partial charge in [-0.15, -0.1) is 0 Å². The molecule has 0 aliphatic rings. The van der Waals surface area contributed by atoms with E-state index in [1.165, 1.54) is 12.3 Å². The fraction of sp³-hybridized carbons (Fsp3) is 0.462. The van der Waals surface area contributed by atoms with Crippen molar-refractivity contribution in [1.29, 1.82) is 0 Å². The van der Waals surface area contributed by atoms with E-state index in [-0.39, 0.29) is 18.0 Å². The van der Waals surface area contributed by atoms with Crippen LogP contribution in [0.15, 0.2) is 18.3 Å². The highest BCUT2D eigenvalue weighted by Crippen LogP contribution is 2.11. The van der Waals surface area contributed by atoms with Crippen LogP contribution in [0.2, 0.25) is 0 Å². The Morgan fingerprint density at radius 1 is 1.47 bits per heavy atom. The van der Waals surface area contributed by atoms with Crippen molar-refractivity contribution in [3.63, 3.8) is 0 Å². The summed E-state index contributed by atoms with van der Waals surface area (Å²) in [6, 6.07) is 2.38. The highest BCUT2D eigenvalue weighted by molar-refractivity contribution is 5.94. The smallest absolute Gasteiger partial charge is 0.308 e. The quantitative estimate of drug-likeness (QED) is 0.770.